The summed E-state index contributed by atoms with van der Waals surface area (Å²) in [5.41, 5.74) is 0.717. The number of carbonyl (C=O) groups is 1. The summed E-state index contributed by atoms with van der Waals surface area (Å²) in [4.78, 5) is 15.7. The van der Waals surface area contributed by atoms with Gasteiger partial charge in [-0.25, -0.2) is 4.98 Å². The Morgan fingerprint density at radius 1 is 1.37 bits per heavy atom. The number of oxazole rings is 1. The van der Waals surface area contributed by atoms with E-state index in [0.717, 1.165) is 11.4 Å². The lowest BCUT2D eigenvalue weighted by molar-refractivity contribution is -0.121. The van der Waals surface area contributed by atoms with Gasteiger partial charge >= 0.3 is 0 Å². The maximum atomic E-state index is 11.6. The largest absolute Gasteiger partial charge is 0.493 e. The fourth-order valence-corrected chi connectivity index (χ4v) is 1.55. The minimum atomic E-state index is -0.0726. The van der Waals surface area contributed by atoms with Crippen molar-refractivity contribution in [1.29, 1.82) is 0 Å². The molecule has 0 fully saturated rings. The number of carbonyl (C=O) groups excluding carboxylic acids is 1. The Hall–Kier alpha value is -2.30. The topological polar surface area (TPSA) is 64.4 Å². The summed E-state index contributed by atoms with van der Waals surface area (Å²) in [6, 6.07) is 9.41. The first-order valence-electron chi connectivity index (χ1n) is 6.09. The van der Waals surface area contributed by atoms with Gasteiger partial charge in [-0.3, -0.25) is 4.79 Å². The van der Waals surface area contributed by atoms with Gasteiger partial charge in [0.15, 0.2) is 5.89 Å². The van der Waals surface area contributed by atoms with Crippen LogP contribution in [0.4, 0.5) is 0 Å². The van der Waals surface area contributed by atoms with Crippen molar-refractivity contribution in [1.82, 2.24) is 10.3 Å². The number of nitrogens with zero attached hydrogens (tertiary/aromatic N) is 1. The quantitative estimate of drug-likeness (QED) is 0.863. The molecule has 0 aliphatic carbocycles. The van der Waals surface area contributed by atoms with Gasteiger partial charge < -0.3 is 14.5 Å². The molecule has 0 saturated carbocycles. The second kappa shape index (κ2) is 6.58. The Labute approximate surface area is 111 Å². The smallest absolute Gasteiger partial charge is 0.223 e. The summed E-state index contributed by atoms with van der Waals surface area (Å²) in [6.07, 6.45) is 1.85. The van der Waals surface area contributed by atoms with Crippen molar-refractivity contribution in [3.05, 3.63) is 48.2 Å². The second-order valence-electron chi connectivity index (χ2n) is 4.05. The number of hydrogen-bond donors (Lipinski definition) is 1. The summed E-state index contributed by atoms with van der Waals surface area (Å²) in [5, 5.41) is 2.76. The van der Waals surface area contributed by atoms with Gasteiger partial charge in [0.25, 0.3) is 0 Å². The molecule has 1 aromatic carbocycles. The third-order valence-corrected chi connectivity index (χ3v) is 2.47. The van der Waals surface area contributed by atoms with E-state index in [1.165, 1.54) is 6.26 Å². The van der Waals surface area contributed by atoms with Crippen molar-refractivity contribution in [3.63, 3.8) is 0 Å². The molecule has 0 aliphatic rings. The number of benzene rings is 1. The van der Waals surface area contributed by atoms with Crippen LogP contribution in [0.5, 0.6) is 5.75 Å². The van der Waals surface area contributed by atoms with Crippen LogP contribution in [0.25, 0.3) is 0 Å². The molecule has 5 heteroatoms. The van der Waals surface area contributed by atoms with Crippen LogP contribution in [0.3, 0.4) is 0 Å². The first-order valence-corrected chi connectivity index (χ1v) is 6.09. The van der Waals surface area contributed by atoms with Crippen LogP contribution in [0.15, 0.2) is 41.0 Å². The van der Waals surface area contributed by atoms with Crippen LogP contribution in [0.1, 0.15) is 18.0 Å². The third kappa shape index (κ3) is 4.46. The van der Waals surface area contributed by atoms with Crippen LogP contribution >= 0.6 is 0 Å². The van der Waals surface area contributed by atoms with E-state index >= 15 is 0 Å². The fourth-order valence-electron chi connectivity index (χ4n) is 1.55. The second-order valence-corrected chi connectivity index (χ2v) is 4.05. The minimum Gasteiger partial charge on any atom is -0.493 e. The average molecular weight is 260 g/mol. The first-order chi connectivity index (χ1) is 9.24. The van der Waals surface area contributed by atoms with Gasteiger partial charge in [-0.1, -0.05) is 18.2 Å². The number of aromatic nitrogens is 1. The molecule has 2 aromatic rings. The normalized spacial score (nSPS) is 10.2. The molecule has 100 valence electrons. The molecule has 19 heavy (non-hydrogen) atoms. The van der Waals surface area contributed by atoms with Crippen molar-refractivity contribution < 1.29 is 13.9 Å². The predicted octanol–water partition coefficient (Wildman–Crippen LogP) is 2.07. The Balaban J connectivity index is 1.65. The summed E-state index contributed by atoms with van der Waals surface area (Å²) in [6.45, 7) is 2.49. The van der Waals surface area contributed by atoms with Crippen LogP contribution in [-0.4, -0.2) is 17.5 Å². The molecule has 0 radical (unpaired) electrons. The van der Waals surface area contributed by atoms with E-state index in [4.69, 9.17) is 9.15 Å². The first kappa shape index (κ1) is 13.1. The molecule has 1 heterocycles. The molecule has 0 bridgehead atoms. The van der Waals surface area contributed by atoms with Crippen molar-refractivity contribution in [3.8, 4) is 5.75 Å². The monoisotopic (exact) mass is 260 g/mol. The SMILES string of the molecule is Cc1nc(CNC(=O)CCOc2ccccc2)co1. The van der Waals surface area contributed by atoms with E-state index in [2.05, 4.69) is 10.3 Å². The fraction of sp³-hybridized carbons (Fsp3) is 0.286. The van der Waals surface area contributed by atoms with Crippen LogP contribution < -0.4 is 10.1 Å². The van der Waals surface area contributed by atoms with Gasteiger partial charge in [-0.05, 0) is 12.1 Å². The molecule has 1 N–H and O–H groups in total. The molecule has 2 rings (SSSR count). The van der Waals surface area contributed by atoms with Crippen LogP contribution in [-0.2, 0) is 11.3 Å². The van der Waals surface area contributed by atoms with Gasteiger partial charge in [-0.2, -0.15) is 0 Å². The van der Waals surface area contributed by atoms with E-state index in [0.29, 0.717) is 25.5 Å². The highest BCUT2D eigenvalue weighted by Gasteiger charge is 2.04. The number of ether oxygens (including phenoxy) is 1. The zero-order valence-corrected chi connectivity index (χ0v) is 10.8. The van der Waals surface area contributed by atoms with E-state index in [1.54, 1.807) is 6.92 Å². The number of aryl methyl sites for hydroxylation is 1. The Kier molecular flexibility index (Phi) is 4.55. The molecule has 1 aromatic heterocycles. The summed E-state index contributed by atoms with van der Waals surface area (Å²) in [7, 11) is 0. The van der Waals surface area contributed by atoms with Gasteiger partial charge in [0.1, 0.15) is 12.0 Å². The molecular formula is C14H16N2O3. The van der Waals surface area contributed by atoms with E-state index in [1.807, 2.05) is 30.3 Å². The predicted molar refractivity (Wildman–Crippen MR) is 69.6 cm³/mol. The zero-order valence-electron chi connectivity index (χ0n) is 10.8. The molecule has 0 unspecified atom stereocenters. The lowest BCUT2D eigenvalue weighted by Gasteiger charge is -2.06. The molecular weight excluding hydrogens is 244 g/mol. The maximum Gasteiger partial charge on any atom is 0.223 e. The lowest BCUT2D eigenvalue weighted by Crippen LogP contribution is -2.24. The van der Waals surface area contributed by atoms with Gasteiger partial charge in [0.05, 0.1) is 25.3 Å². The van der Waals surface area contributed by atoms with E-state index in [9.17, 15) is 4.79 Å². The van der Waals surface area contributed by atoms with Crippen molar-refractivity contribution in [2.75, 3.05) is 6.61 Å². The van der Waals surface area contributed by atoms with Gasteiger partial charge in [0.2, 0.25) is 5.91 Å². The maximum absolute atomic E-state index is 11.6. The standard InChI is InChI=1S/C14H16N2O3/c1-11-16-12(10-19-11)9-15-14(17)7-8-18-13-5-3-2-4-6-13/h2-6,10H,7-9H2,1H3,(H,15,17). The molecule has 0 aliphatic heterocycles. The zero-order chi connectivity index (χ0) is 13.5. The Morgan fingerprint density at radius 2 is 2.16 bits per heavy atom. The summed E-state index contributed by atoms with van der Waals surface area (Å²) in [5.74, 6) is 1.29. The van der Waals surface area contributed by atoms with E-state index in [-0.39, 0.29) is 5.91 Å². The average Bonchev–Trinajstić information content (AvgIpc) is 2.83. The molecule has 0 atom stereocenters. The minimum absolute atomic E-state index is 0.0726. The Morgan fingerprint density at radius 3 is 2.84 bits per heavy atom. The number of rotatable bonds is 6. The van der Waals surface area contributed by atoms with Crippen LogP contribution in [0.2, 0.25) is 0 Å². The van der Waals surface area contributed by atoms with E-state index < -0.39 is 0 Å². The number of para-hydroxylation sites is 1. The van der Waals surface area contributed by atoms with Gasteiger partial charge in [0, 0.05) is 6.92 Å². The van der Waals surface area contributed by atoms with Gasteiger partial charge in [-0.15, -0.1) is 0 Å². The molecule has 0 saturated heterocycles. The highest BCUT2D eigenvalue weighted by Crippen LogP contribution is 2.08. The number of nitrogens with one attached hydrogen (secondary N) is 1. The third-order valence-electron chi connectivity index (χ3n) is 2.47. The molecule has 5 nitrogen and oxygen atoms in total. The highest BCUT2D eigenvalue weighted by atomic mass is 16.5. The van der Waals surface area contributed by atoms with Crippen molar-refractivity contribution in [2.24, 2.45) is 0 Å². The van der Waals surface area contributed by atoms with Crippen molar-refractivity contribution >= 4 is 5.91 Å². The summed E-state index contributed by atoms with van der Waals surface area (Å²) >= 11 is 0. The van der Waals surface area contributed by atoms with Crippen molar-refractivity contribution in [2.45, 2.75) is 19.9 Å². The molecule has 0 spiro atoms. The number of hydrogen-bond acceptors (Lipinski definition) is 4. The molecule has 1 amide bonds. The lowest BCUT2D eigenvalue weighted by atomic mass is 10.3. The summed E-state index contributed by atoms with van der Waals surface area (Å²) < 4.78 is 10.5. The Bertz CT molecular complexity index is 522. The highest BCUT2D eigenvalue weighted by molar-refractivity contribution is 5.75. The number of amides is 1. The van der Waals surface area contributed by atoms with Crippen LogP contribution in [0, 0.1) is 6.92 Å².